The molecule has 12 heteroatoms. The number of nitrogen functional groups attached to an aromatic ring is 1. The number of thiazole rings is 1. The number of nitrogens with two attached hydrogens (primary N) is 1. The van der Waals surface area contributed by atoms with Crippen molar-refractivity contribution in [2.24, 2.45) is 0 Å². The smallest absolute Gasteiger partial charge is 0.314 e. The molecule has 0 spiro atoms. The van der Waals surface area contributed by atoms with E-state index < -0.39 is 18.1 Å². The van der Waals surface area contributed by atoms with E-state index in [0.717, 1.165) is 15.8 Å². The maximum absolute atomic E-state index is 14.7. The van der Waals surface area contributed by atoms with Crippen molar-refractivity contribution >= 4 is 26.7 Å². The first-order chi connectivity index (χ1) is 15.4. The first-order valence-corrected chi connectivity index (χ1v) is 10.2. The zero-order valence-corrected chi connectivity index (χ0v) is 17.2. The van der Waals surface area contributed by atoms with Crippen LogP contribution in [0.1, 0.15) is 30.8 Å². The lowest BCUT2D eigenvalue weighted by atomic mass is 10.1. The molecule has 1 unspecified atom stereocenters. The molecule has 0 saturated heterocycles. The summed E-state index contributed by atoms with van der Waals surface area (Å²) < 4.78 is 47.3. The van der Waals surface area contributed by atoms with Crippen LogP contribution in [-0.2, 0) is 0 Å². The van der Waals surface area contributed by atoms with E-state index in [1.165, 1.54) is 23.5 Å². The Morgan fingerprint density at radius 3 is 2.69 bits per heavy atom. The zero-order valence-electron chi connectivity index (χ0n) is 16.4. The van der Waals surface area contributed by atoms with Crippen molar-refractivity contribution < 1.29 is 17.6 Å². The largest absolute Gasteiger partial charge is 0.415 e. The highest BCUT2D eigenvalue weighted by molar-refractivity contribution is 7.22. The Morgan fingerprint density at radius 2 is 1.94 bits per heavy atom. The summed E-state index contributed by atoms with van der Waals surface area (Å²) in [7, 11) is 0. The van der Waals surface area contributed by atoms with Crippen molar-refractivity contribution in [3.05, 3.63) is 59.9 Å². The average Bonchev–Trinajstić information content (AvgIpc) is 3.51. The van der Waals surface area contributed by atoms with Crippen molar-refractivity contribution in [2.75, 3.05) is 5.73 Å². The van der Waals surface area contributed by atoms with Gasteiger partial charge in [-0.25, -0.2) is 14.1 Å². The van der Waals surface area contributed by atoms with Crippen LogP contribution in [0.4, 0.5) is 18.3 Å². The first-order valence-electron chi connectivity index (χ1n) is 9.38. The first kappa shape index (κ1) is 20.1. The summed E-state index contributed by atoms with van der Waals surface area (Å²) in [5.41, 5.74) is 8.62. The Balaban J connectivity index is 1.41. The molecule has 0 bridgehead atoms. The molecule has 2 N–H and O–H groups in total. The normalized spacial score (nSPS) is 12.7. The molecule has 162 valence electrons. The van der Waals surface area contributed by atoms with Gasteiger partial charge < -0.3 is 10.2 Å². The van der Waals surface area contributed by atoms with E-state index in [4.69, 9.17) is 10.2 Å². The Morgan fingerprint density at radius 1 is 1.09 bits per heavy atom. The quantitative estimate of drug-likeness (QED) is 0.401. The lowest BCUT2D eigenvalue weighted by molar-refractivity contribution is 0.116. The number of halogens is 3. The predicted octanol–water partition coefficient (Wildman–Crippen LogP) is 4.87. The number of rotatable bonds is 5. The second-order valence-electron chi connectivity index (χ2n) is 6.98. The highest BCUT2D eigenvalue weighted by atomic mass is 32.1. The fourth-order valence-corrected chi connectivity index (χ4v) is 4.02. The summed E-state index contributed by atoms with van der Waals surface area (Å²) in [4.78, 5) is 4.24. The summed E-state index contributed by atoms with van der Waals surface area (Å²) in [5, 5.41) is 15.6. The van der Waals surface area contributed by atoms with Gasteiger partial charge >= 0.3 is 6.43 Å². The number of nitrogens with zero attached hydrogens (tertiary/aromatic N) is 6. The van der Waals surface area contributed by atoms with E-state index in [2.05, 4.69) is 25.5 Å². The Bertz CT molecular complexity index is 1430. The van der Waals surface area contributed by atoms with E-state index >= 15 is 0 Å². The Kier molecular flexibility index (Phi) is 4.85. The third-order valence-electron chi connectivity index (χ3n) is 4.94. The number of alkyl halides is 2. The van der Waals surface area contributed by atoms with Crippen LogP contribution in [0.3, 0.4) is 0 Å². The van der Waals surface area contributed by atoms with Crippen molar-refractivity contribution in [1.82, 2.24) is 30.2 Å². The van der Waals surface area contributed by atoms with Crippen molar-refractivity contribution in [3.63, 3.8) is 0 Å². The van der Waals surface area contributed by atoms with Gasteiger partial charge in [-0.15, -0.1) is 15.3 Å². The Hall–Kier alpha value is -3.80. The van der Waals surface area contributed by atoms with Gasteiger partial charge in [-0.3, -0.25) is 0 Å². The van der Waals surface area contributed by atoms with Gasteiger partial charge in [-0.1, -0.05) is 28.7 Å². The topological polar surface area (TPSA) is 109 Å². The maximum Gasteiger partial charge on any atom is 0.314 e. The van der Waals surface area contributed by atoms with Crippen LogP contribution in [0.5, 0.6) is 0 Å². The predicted molar refractivity (Wildman–Crippen MR) is 112 cm³/mol. The minimum Gasteiger partial charge on any atom is -0.415 e. The third kappa shape index (κ3) is 3.58. The Labute approximate surface area is 182 Å². The molecule has 0 saturated carbocycles. The molecule has 0 fully saturated rings. The van der Waals surface area contributed by atoms with Gasteiger partial charge in [0.15, 0.2) is 5.13 Å². The molecule has 0 aliphatic heterocycles. The summed E-state index contributed by atoms with van der Waals surface area (Å²) in [6, 6.07) is 9.67. The standard InChI is InChI=1S/C20H14F3N7OS/c1-9(10-2-4-12(13(21)6-10)18-27-28-19(31-18)17(22)23)30-8-15(26-29-30)11-3-5-14-16(7-11)32-20(24)25-14/h2-9,17H,1H3,(H2,24,25). The monoisotopic (exact) mass is 457 g/mol. The molecule has 0 amide bonds. The third-order valence-corrected chi connectivity index (χ3v) is 5.79. The van der Waals surface area contributed by atoms with Crippen LogP contribution >= 0.6 is 11.3 Å². The summed E-state index contributed by atoms with van der Waals surface area (Å²) in [6.07, 6.45) is -1.16. The molecule has 8 nitrogen and oxygen atoms in total. The van der Waals surface area contributed by atoms with Gasteiger partial charge in [0.25, 0.3) is 11.8 Å². The molecule has 1 atom stereocenters. The lowest BCUT2D eigenvalue weighted by Crippen LogP contribution is -2.08. The van der Waals surface area contributed by atoms with E-state index in [9.17, 15) is 13.2 Å². The van der Waals surface area contributed by atoms with Gasteiger partial charge in [-0.2, -0.15) is 8.78 Å². The second-order valence-corrected chi connectivity index (χ2v) is 8.04. The summed E-state index contributed by atoms with van der Waals surface area (Å²) in [5.74, 6) is -1.84. The van der Waals surface area contributed by atoms with Gasteiger partial charge in [0.05, 0.1) is 28.0 Å². The van der Waals surface area contributed by atoms with Crippen LogP contribution in [-0.4, -0.2) is 30.2 Å². The number of hydrogen-bond donors (Lipinski definition) is 1. The van der Waals surface area contributed by atoms with Gasteiger partial charge in [0.1, 0.15) is 11.5 Å². The SMILES string of the molecule is CC(c1ccc(-c2nnc(C(F)F)o2)c(F)c1)n1cc(-c2ccc3nc(N)sc3c2)nn1. The summed E-state index contributed by atoms with van der Waals surface area (Å²) in [6.45, 7) is 1.83. The van der Waals surface area contributed by atoms with Crippen LogP contribution < -0.4 is 5.73 Å². The maximum atomic E-state index is 14.7. The minimum atomic E-state index is -2.92. The van der Waals surface area contributed by atoms with E-state index in [-0.39, 0.29) is 17.5 Å². The van der Waals surface area contributed by atoms with E-state index in [1.807, 2.05) is 25.1 Å². The van der Waals surface area contributed by atoms with Crippen LogP contribution in [0, 0.1) is 5.82 Å². The van der Waals surface area contributed by atoms with Crippen LogP contribution in [0.2, 0.25) is 0 Å². The number of hydrogen-bond acceptors (Lipinski definition) is 8. The fraction of sp³-hybridized carbons (Fsp3) is 0.150. The van der Waals surface area contributed by atoms with Crippen molar-refractivity contribution in [2.45, 2.75) is 19.4 Å². The average molecular weight is 457 g/mol. The molecule has 0 aliphatic carbocycles. The molecule has 3 heterocycles. The van der Waals surface area contributed by atoms with Gasteiger partial charge in [0, 0.05) is 5.56 Å². The van der Waals surface area contributed by atoms with Crippen LogP contribution in [0.25, 0.3) is 32.9 Å². The molecule has 5 rings (SSSR count). The van der Waals surface area contributed by atoms with E-state index in [1.54, 1.807) is 16.9 Å². The number of benzene rings is 2. The molecular formula is C20H14F3N7OS. The number of fused-ring (bicyclic) bond motifs is 1. The molecule has 0 aliphatic rings. The highest BCUT2D eigenvalue weighted by Crippen LogP contribution is 2.30. The van der Waals surface area contributed by atoms with Crippen LogP contribution in [0.15, 0.2) is 47.0 Å². The van der Waals surface area contributed by atoms with Gasteiger partial charge in [0.2, 0.25) is 0 Å². The molecule has 32 heavy (non-hydrogen) atoms. The number of anilines is 1. The fourth-order valence-electron chi connectivity index (χ4n) is 3.25. The lowest BCUT2D eigenvalue weighted by Gasteiger charge is -2.12. The molecule has 5 aromatic rings. The van der Waals surface area contributed by atoms with Gasteiger partial charge in [-0.05, 0) is 36.8 Å². The molecular weight excluding hydrogens is 443 g/mol. The number of aromatic nitrogens is 6. The van der Waals surface area contributed by atoms with Crippen molar-refractivity contribution in [1.29, 1.82) is 0 Å². The second kappa shape index (κ2) is 7.71. The highest BCUT2D eigenvalue weighted by Gasteiger charge is 2.20. The van der Waals surface area contributed by atoms with E-state index in [0.29, 0.717) is 16.4 Å². The summed E-state index contributed by atoms with van der Waals surface area (Å²) >= 11 is 1.39. The molecule has 0 radical (unpaired) electrons. The zero-order chi connectivity index (χ0) is 22.4. The molecule has 2 aromatic carbocycles. The molecule has 3 aromatic heterocycles. The minimum absolute atomic E-state index is 0.0586. The van der Waals surface area contributed by atoms with Crippen molar-refractivity contribution in [3.8, 4) is 22.7 Å².